The fourth-order valence-corrected chi connectivity index (χ4v) is 2.83. The lowest BCUT2D eigenvalue weighted by Gasteiger charge is -2.35. The van der Waals surface area contributed by atoms with Crippen molar-refractivity contribution in [3.05, 3.63) is 23.8 Å². The number of rotatable bonds is 2. The normalized spacial score (nSPS) is 27.2. The van der Waals surface area contributed by atoms with E-state index < -0.39 is 0 Å². The zero-order valence-electron chi connectivity index (χ0n) is 11.0. The molecule has 3 rings (SSSR count). The molecule has 18 heavy (non-hydrogen) atoms. The Kier molecular flexibility index (Phi) is 3.16. The summed E-state index contributed by atoms with van der Waals surface area (Å²) in [6.45, 7) is 4.79. The maximum atomic E-state index is 6.28. The van der Waals surface area contributed by atoms with Gasteiger partial charge in [-0.1, -0.05) is 6.07 Å². The average Bonchev–Trinajstić information content (AvgIpc) is 2.40. The first-order valence-corrected chi connectivity index (χ1v) is 6.89. The third kappa shape index (κ3) is 2.32. The van der Waals surface area contributed by atoms with E-state index in [4.69, 9.17) is 9.47 Å². The van der Waals surface area contributed by atoms with E-state index in [1.54, 1.807) is 0 Å². The van der Waals surface area contributed by atoms with Crippen LogP contribution < -0.4 is 10.1 Å². The summed E-state index contributed by atoms with van der Waals surface area (Å²) in [6.07, 6.45) is 4.45. The van der Waals surface area contributed by atoms with Crippen molar-refractivity contribution in [3.8, 4) is 5.75 Å². The highest BCUT2D eigenvalue weighted by Crippen LogP contribution is 2.34. The van der Waals surface area contributed by atoms with E-state index in [1.807, 2.05) is 0 Å². The van der Waals surface area contributed by atoms with Crippen molar-refractivity contribution in [2.45, 2.75) is 38.2 Å². The molecule has 0 amide bonds. The summed E-state index contributed by atoms with van der Waals surface area (Å²) in [5.41, 5.74) is 2.40. The van der Waals surface area contributed by atoms with Gasteiger partial charge in [0.1, 0.15) is 11.4 Å². The molecule has 1 aromatic carbocycles. The van der Waals surface area contributed by atoms with E-state index >= 15 is 0 Å². The van der Waals surface area contributed by atoms with Crippen molar-refractivity contribution in [3.63, 3.8) is 0 Å². The van der Waals surface area contributed by atoms with Crippen LogP contribution in [0.4, 0.5) is 5.69 Å². The van der Waals surface area contributed by atoms with Crippen LogP contribution >= 0.6 is 0 Å². The van der Waals surface area contributed by atoms with E-state index in [-0.39, 0.29) is 5.60 Å². The summed E-state index contributed by atoms with van der Waals surface area (Å²) in [5, 5.41) is 3.44. The van der Waals surface area contributed by atoms with E-state index in [1.165, 1.54) is 17.7 Å². The van der Waals surface area contributed by atoms with Crippen LogP contribution in [0.1, 0.15) is 31.7 Å². The van der Waals surface area contributed by atoms with Gasteiger partial charge in [-0.2, -0.15) is 0 Å². The number of anilines is 1. The molecule has 0 aliphatic carbocycles. The predicted molar refractivity (Wildman–Crippen MR) is 72.3 cm³/mol. The second-order valence-electron chi connectivity index (χ2n) is 5.52. The van der Waals surface area contributed by atoms with Gasteiger partial charge in [0.2, 0.25) is 0 Å². The van der Waals surface area contributed by atoms with Crippen LogP contribution in [0.15, 0.2) is 18.2 Å². The Morgan fingerprint density at radius 3 is 3.11 bits per heavy atom. The zero-order valence-corrected chi connectivity index (χ0v) is 11.0. The van der Waals surface area contributed by atoms with Crippen LogP contribution in [0.2, 0.25) is 0 Å². The van der Waals surface area contributed by atoms with E-state index in [2.05, 4.69) is 30.4 Å². The molecule has 0 spiro atoms. The van der Waals surface area contributed by atoms with Gasteiger partial charge in [0, 0.05) is 24.4 Å². The topological polar surface area (TPSA) is 30.5 Å². The van der Waals surface area contributed by atoms with E-state index in [0.29, 0.717) is 6.61 Å². The van der Waals surface area contributed by atoms with Crippen molar-refractivity contribution < 1.29 is 9.47 Å². The zero-order chi connectivity index (χ0) is 12.4. The second-order valence-corrected chi connectivity index (χ2v) is 5.52. The Bertz CT molecular complexity index is 425. The molecule has 0 saturated carbocycles. The molecule has 3 nitrogen and oxygen atoms in total. The van der Waals surface area contributed by atoms with Crippen LogP contribution in [-0.4, -0.2) is 25.4 Å². The fraction of sp³-hybridized carbons (Fsp3) is 0.600. The van der Waals surface area contributed by atoms with Crippen molar-refractivity contribution >= 4 is 5.69 Å². The number of fused-ring (bicyclic) bond motifs is 1. The van der Waals surface area contributed by atoms with Crippen molar-refractivity contribution in [1.29, 1.82) is 0 Å². The maximum absolute atomic E-state index is 6.28. The first-order valence-electron chi connectivity index (χ1n) is 6.89. The number of hydrogen-bond donors (Lipinski definition) is 1. The largest absolute Gasteiger partial charge is 0.485 e. The smallest absolute Gasteiger partial charge is 0.129 e. The molecule has 1 unspecified atom stereocenters. The van der Waals surface area contributed by atoms with Crippen LogP contribution in [0.5, 0.6) is 5.75 Å². The van der Waals surface area contributed by atoms with Gasteiger partial charge in [-0.15, -0.1) is 0 Å². The van der Waals surface area contributed by atoms with Gasteiger partial charge in [-0.05, 0) is 44.7 Å². The minimum atomic E-state index is -0.162. The SMILES string of the molecule is CC1(Oc2cccc3c2CCCN3)CCCOC1. The molecular weight excluding hydrogens is 226 g/mol. The van der Waals surface area contributed by atoms with Crippen molar-refractivity contribution in [2.24, 2.45) is 0 Å². The van der Waals surface area contributed by atoms with Gasteiger partial charge >= 0.3 is 0 Å². The monoisotopic (exact) mass is 247 g/mol. The Labute approximate surface area is 108 Å². The Hall–Kier alpha value is -1.22. The second kappa shape index (κ2) is 4.81. The predicted octanol–water partition coefficient (Wildman–Crippen LogP) is 2.99. The van der Waals surface area contributed by atoms with Crippen LogP contribution in [0.3, 0.4) is 0 Å². The van der Waals surface area contributed by atoms with Gasteiger partial charge in [0.25, 0.3) is 0 Å². The molecule has 2 aliphatic rings. The summed E-state index contributed by atoms with van der Waals surface area (Å²) >= 11 is 0. The summed E-state index contributed by atoms with van der Waals surface area (Å²) < 4.78 is 11.8. The molecule has 1 saturated heterocycles. The van der Waals surface area contributed by atoms with Gasteiger partial charge in [-0.25, -0.2) is 0 Å². The number of benzene rings is 1. The summed E-state index contributed by atoms with van der Waals surface area (Å²) in [6, 6.07) is 6.30. The summed E-state index contributed by atoms with van der Waals surface area (Å²) in [4.78, 5) is 0. The molecular formula is C15H21NO2. The maximum Gasteiger partial charge on any atom is 0.129 e. The third-order valence-electron chi connectivity index (χ3n) is 3.81. The standard InChI is InChI=1S/C15H21NO2/c1-15(8-4-10-17-11-15)18-14-7-2-6-13-12(14)5-3-9-16-13/h2,6-7,16H,3-5,8-11H2,1H3. The molecule has 1 aromatic rings. The number of ether oxygens (including phenoxy) is 2. The van der Waals surface area contributed by atoms with Gasteiger partial charge in [0.15, 0.2) is 0 Å². The first kappa shape index (κ1) is 11.8. The van der Waals surface area contributed by atoms with Crippen molar-refractivity contribution in [2.75, 3.05) is 25.1 Å². The molecule has 1 N–H and O–H groups in total. The van der Waals surface area contributed by atoms with E-state index in [0.717, 1.165) is 38.2 Å². The highest BCUT2D eigenvalue weighted by Gasteiger charge is 2.30. The Morgan fingerprint density at radius 1 is 1.33 bits per heavy atom. The van der Waals surface area contributed by atoms with Crippen molar-refractivity contribution in [1.82, 2.24) is 0 Å². The Morgan fingerprint density at radius 2 is 2.28 bits per heavy atom. The highest BCUT2D eigenvalue weighted by atomic mass is 16.5. The molecule has 0 radical (unpaired) electrons. The molecule has 3 heteroatoms. The van der Waals surface area contributed by atoms with Crippen LogP contribution in [0, 0.1) is 0 Å². The lowest BCUT2D eigenvalue weighted by atomic mass is 9.97. The summed E-state index contributed by atoms with van der Waals surface area (Å²) in [7, 11) is 0. The number of hydrogen-bond acceptors (Lipinski definition) is 3. The van der Waals surface area contributed by atoms with Gasteiger partial charge in [0.05, 0.1) is 6.61 Å². The molecule has 1 atom stereocenters. The molecule has 0 aromatic heterocycles. The fourth-order valence-electron chi connectivity index (χ4n) is 2.83. The van der Waals surface area contributed by atoms with E-state index in [9.17, 15) is 0 Å². The third-order valence-corrected chi connectivity index (χ3v) is 3.81. The Balaban J connectivity index is 1.83. The quantitative estimate of drug-likeness (QED) is 0.871. The lowest BCUT2D eigenvalue weighted by Crippen LogP contribution is -2.41. The van der Waals surface area contributed by atoms with Gasteiger partial charge in [-0.3, -0.25) is 0 Å². The van der Waals surface area contributed by atoms with Crippen LogP contribution in [-0.2, 0) is 11.2 Å². The summed E-state index contributed by atoms with van der Waals surface area (Å²) in [5.74, 6) is 1.03. The number of nitrogens with one attached hydrogen (secondary N) is 1. The highest BCUT2D eigenvalue weighted by molar-refractivity contribution is 5.59. The van der Waals surface area contributed by atoms with Crippen LogP contribution in [0.25, 0.3) is 0 Å². The molecule has 0 bridgehead atoms. The first-order chi connectivity index (χ1) is 8.77. The molecule has 1 fully saturated rings. The average molecular weight is 247 g/mol. The minimum absolute atomic E-state index is 0.162. The van der Waals surface area contributed by atoms with Gasteiger partial charge < -0.3 is 14.8 Å². The lowest BCUT2D eigenvalue weighted by molar-refractivity contribution is -0.0567. The molecule has 98 valence electrons. The minimum Gasteiger partial charge on any atom is -0.485 e. The molecule has 2 aliphatic heterocycles. The molecule has 2 heterocycles.